The fourth-order valence-corrected chi connectivity index (χ4v) is 8.15. The van der Waals surface area contributed by atoms with Gasteiger partial charge in [-0.15, -0.1) is 12.4 Å². The molecule has 0 aromatic heterocycles. The summed E-state index contributed by atoms with van der Waals surface area (Å²) in [5, 5.41) is 57.3. The van der Waals surface area contributed by atoms with Crippen molar-refractivity contribution < 1.29 is 53.5 Å². The van der Waals surface area contributed by atoms with Crippen LogP contribution in [0.1, 0.15) is 114 Å². The van der Waals surface area contributed by atoms with Crippen molar-refractivity contribution >= 4 is 53.4 Å². The maximum atomic E-state index is 14.9. The van der Waals surface area contributed by atoms with E-state index in [2.05, 4.69) is 28.2 Å². The molecule has 0 radical (unpaired) electrons. The Morgan fingerprint density at radius 2 is 1.50 bits per heavy atom. The highest BCUT2D eigenvalue weighted by Gasteiger charge is 2.37. The zero-order valence-corrected chi connectivity index (χ0v) is 41.3. The van der Waals surface area contributed by atoms with Crippen LogP contribution in [0.5, 0.6) is 28.7 Å². The highest BCUT2D eigenvalue weighted by atomic mass is 35.5. The van der Waals surface area contributed by atoms with E-state index >= 15 is 0 Å². The second-order valence-corrected chi connectivity index (χ2v) is 18.1. The predicted molar refractivity (Wildman–Crippen MR) is 269 cm³/mol. The quantitative estimate of drug-likeness (QED) is 0.0210. The third kappa shape index (κ3) is 16.9. The number of ether oxygens (including phenoxy) is 2. The number of fused-ring (bicyclic) bond motifs is 9. The van der Waals surface area contributed by atoms with Gasteiger partial charge in [0.1, 0.15) is 17.8 Å². The molecule has 0 unspecified atom stereocenters. The summed E-state index contributed by atoms with van der Waals surface area (Å²) in [6, 6.07) is 11.5. The molecule has 4 bridgehead atoms. The van der Waals surface area contributed by atoms with Crippen molar-refractivity contribution in [3.8, 4) is 28.7 Å². The first kappa shape index (κ1) is 57.3. The van der Waals surface area contributed by atoms with E-state index in [4.69, 9.17) is 15.2 Å². The molecule has 388 valence electrons. The number of phenolic OH excluding ortho intramolecular Hbond substituents is 1. The van der Waals surface area contributed by atoms with Crippen LogP contribution in [0.2, 0.25) is 0 Å². The maximum Gasteiger partial charge on any atom is 0.328 e. The Morgan fingerprint density at radius 1 is 0.847 bits per heavy atom. The molecule has 0 spiro atoms. The van der Waals surface area contributed by atoms with Gasteiger partial charge in [-0.3, -0.25) is 39.4 Å². The number of rotatable bonds is 23. The minimum atomic E-state index is -1.94. The molecule has 0 saturated carbocycles. The van der Waals surface area contributed by atoms with Crippen molar-refractivity contribution in [2.45, 2.75) is 134 Å². The SMILES string of the molecule is CCCCCCCCCCCC(=O)N[C@@H](C(=O)O)[C@@H]1NC(=O)[C@@H](Cc2ccccc2)NC(=O)[C@@H](NC(=O)[C@H](N)CC(C)C)Cc2ccc(c([N+](=O)[O-])c2)Oc2cc1cc(Oc1ccc([N+](=O)[O-])cc1)c2O.Cl. The van der Waals surface area contributed by atoms with Crippen LogP contribution in [0.4, 0.5) is 11.4 Å². The number of nitrogens with two attached hydrogens (primary N) is 1. The summed E-state index contributed by atoms with van der Waals surface area (Å²) in [6.07, 6.45) is 8.36. The van der Waals surface area contributed by atoms with Gasteiger partial charge < -0.3 is 46.7 Å². The number of benzene rings is 4. The van der Waals surface area contributed by atoms with Gasteiger partial charge >= 0.3 is 11.7 Å². The Hall–Kier alpha value is -7.32. The van der Waals surface area contributed by atoms with E-state index in [0.717, 1.165) is 68.9 Å². The molecule has 0 aliphatic carbocycles. The number of nitrogens with one attached hydrogen (secondary N) is 4. The molecule has 4 amide bonds. The number of unbranched alkanes of at least 4 members (excludes halogenated alkanes) is 8. The average molecular weight is 1020 g/mol. The number of non-ortho nitro benzene ring substituents is 1. The number of aromatic hydroxyl groups is 1. The molecule has 0 saturated heterocycles. The van der Waals surface area contributed by atoms with E-state index < -0.39 is 98.3 Å². The average Bonchev–Trinajstić information content (AvgIpc) is 3.33. The number of halogens is 1. The lowest BCUT2D eigenvalue weighted by atomic mass is 9.96. The Labute approximate surface area is 423 Å². The Bertz CT molecular complexity index is 2510. The van der Waals surface area contributed by atoms with Crippen LogP contribution < -0.4 is 36.5 Å². The molecule has 21 heteroatoms. The van der Waals surface area contributed by atoms with Crippen LogP contribution in [0.25, 0.3) is 0 Å². The number of amides is 4. The van der Waals surface area contributed by atoms with Crippen molar-refractivity contribution in [1.82, 2.24) is 21.3 Å². The standard InChI is InChI=1S/C51H63N7O13.ClH/c1-4-5-6-7-8-9-10-11-15-18-44(59)55-46(51(64)65)45-34-29-42(70-36-22-20-35(21-23-36)57(66)67)47(60)43(30-34)71-41-24-19-33(28-40(41)58(68)69)27-39(53-48(61)37(52)25-31(2)3)49(62)54-38(50(63)56-45)26-32-16-13-12-14-17-32;/h12-14,16-17,19-24,28-31,37-39,45-46,60H,4-11,15,18,25-27,52H2,1-3H3,(H,53,61)(H,54,62)(H,55,59)(H,56,63)(H,64,65);1H/t37-,38-,39+,45-,46-;/m1./s1. The lowest BCUT2D eigenvalue weighted by Crippen LogP contribution is -2.58. The van der Waals surface area contributed by atoms with Gasteiger partial charge in [-0.1, -0.05) is 109 Å². The summed E-state index contributed by atoms with van der Waals surface area (Å²) < 4.78 is 12.0. The third-order valence-corrected chi connectivity index (χ3v) is 11.9. The van der Waals surface area contributed by atoms with Gasteiger partial charge in [0.25, 0.3) is 5.69 Å². The number of hydrogen-bond acceptors (Lipinski definition) is 13. The lowest BCUT2D eigenvalue weighted by Gasteiger charge is -2.30. The number of nitro groups is 2. The highest BCUT2D eigenvalue weighted by molar-refractivity contribution is 5.94. The number of phenols is 1. The van der Waals surface area contributed by atoms with Crippen molar-refractivity contribution in [2.24, 2.45) is 11.7 Å². The molecule has 2 heterocycles. The number of nitro benzene ring substituents is 2. The van der Waals surface area contributed by atoms with E-state index in [-0.39, 0.29) is 66.6 Å². The number of aliphatic carboxylic acids is 1. The largest absolute Gasteiger partial charge is 0.502 e. The molecule has 72 heavy (non-hydrogen) atoms. The predicted octanol–water partition coefficient (Wildman–Crippen LogP) is 8.00. The second kappa shape index (κ2) is 27.9. The zero-order valence-electron chi connectivity index (χ0n) is 40.5. The first-order valence-electron chi connectivity index (χ1n) is 23.9. The molecule has 20 nitrogen and oxygen atoms in total. The molecule has 0 fully saturated rings. The first-order chi connectivity index (χ1) is 33.9. The van der Waals surface area contributed by atoms with Crippen molar-refractivity contribution in [3.05, 3.63) is 122 Å². The molecule has 4 aromatic rings. The van der Waals surface area contributed by atoms with Gasteiger partial charge in [-0.25, -0.2) is 4.79 Å². The summed E-state index contributed by atoms with van der Waals surface area (Å²) >= 11 is 0. The van der Waals surface area contributed by atoms with E-state index in [0.29, 0.717) is 18.4 Å². The highest BCUT2D eigenvalue weighted by Crippen LogP contribution is 2.45. The van der Waals surface area contributed by atoms with Gasteiger partial charge in [-0.05, 0) is 65.8 Å². The maximum absolute atomic E-state index is 14.9. The van der Waals surface area contributed by atoms with Crippen LogP contribution in [-0.2, 0) is 36.8 Å². The number of carbonyl (C=O) groups is 5. The Kier molecular flexibility index (Phi) is 22.2. The van der Waals surface area contributed by atoms with Gasteiger partial charge in [0.2, 0.25) is 35.1 Å². The number of hydrogen-bond donors (Lipinski definition) is 7. The molecule has 6 rings (SSSR count). The molecular formula is C51H64ClN7O13. The van der Waals surface area contributed by atoms with Gasteiger partial charge in [-0.2, -0.15) is 0 Å². The summed E-state index contributed by atoms with van der Waals surface area (Å²) in [6.45, 7) is 5.86. The van der Waals surface area contributed by atoms with Crippen LogP contribution in [0.3, 0.4) is 0 Å². The number of carbonyl (C=O) groups excluding carboxylic acids is 4. The minimum Gasteiger partial charge on any atom is -0.502 e. The van der Waals surface area contributed by atoms with Crippen molar-refractivity contribution in [2.75, 3.05) is 0 Å². The van der Waals surface area contributed by atoms with Crippen LogP contribution in [0.15, 0.2) is 84.9 Å². The number of carboxylic acids is 1. The topological polar surface area (TPSA) is 305 Å². The molecule has 4 aromatic carbocycles. The lowest BCUT2D eigenvalue weighted by molar-refractivity contribution is -0.385. The zero-order chi connectivity index (χ0) is 51.6. The summed E-state index contributed by atoms with van der Waals surface area (Å²) in [7, 11) is 0. The van der Waals surface area contributed by atoms with Crippen molar-refractivity contribution in [1.29, 1.82) is 0 Å². The molecule has 2 aliphatic rings. The molecule has 5 atom stereocenters. The van der Waals surface area contributed by atoms with E-state index in [9.17, 15) is 54.4 Å². The fourth-order valence-electron chi connectivity index (χ4n) is 8.15. The van der Waals surface area contributed by atoms with Crippen molar-refractivity contribution in [3.63, 3.8) is 0 Å². The van der Waals surface area contributed by atoms with Gasteiger partial charge in [0, 0.05) is 37.5 Å². The normalized spacial score (nSPS) is 16.5. The number of nitrogens with zero attached hydrogens (tertiary/aromatic N) is 2. The molecular weight excluding hydrogens is 954 g/mol. The van der Waals surface area contributed by atoms with Crippen LogP contribution in [0, 0.1) is 26.1 Å². The summed E-state index contributed by atoms with van der Waals surface area (Å²) in [5.41, 5.74) is 5.86. The fraction of sp³-hybridized carbons (Fsp3) is 0.431. The van der Waals surface area contributed by atoms with Gasteiger partial charge in [0.15, 0.2) is 17.5 Å². The molecule has 8 N–H and O–H groups in total. The molecule has 2 aliphatic heterocycles. The Morgan fingerprint density at radius 3 is 2.11 bits per heavy atom. The smallest absolute Gasteiger partial charge is 0.328 e. The summed E-state index contributed by atoms with van der Waals surface area (Å²) in [5.74, 6) is -6.98. The Balaban J connectivity index is 0.0000112. The summed E-state index contributed by atoms with van der Waals surface area (Å²) in [4.78, 5) is 92.5. The van der Waals surface area contributed by atoms with Gasteiger partial charge in [0.05, 0.1) is 21.9 Å². The van der Waals surface area contributed by atoms with E-state index in [1.807, 2.05) is 13.8 Å². The third-order valence-electron chi connectivity index (χ3n) is 11.9. The van der Waals surface area contributed by atoms with Crippen LogP contribution >= 0.6 is 12.4 Å². The monoisotopic (exact) mass is 1020 g/mol. The second-order valence-electron chi connectivity index (χ2n) is 18.1. The van der Waals surface area contributed by atoms with E-state index in [1.54, 1.807) is 30.3 Å². The first-order valence-corrected chi connectivity index (χ1v) is 23.9. The van der Waals surface area contributed by atoms with Crippen LogP contribution in [-0.4, -0.2) is 73.8 Å². The minimum absolute atomic E-state index is 0. The number of carboxylic acid groups (broad SMARTS) is 1. The van der Waals surface area contributed by atoms with E-state index in [1.165, 1.54) is 30.7 Å².